The van der Waals surface area contributed by atoms with Crippen LogP contribution >= 0.6 is 23.1 Å². The zero-order valence-electron chi connectivity index (χ0n) is 17.5. The lowest BCUT2D eigenvalue weighted by Gasteiger charge is -2.29. The summed E-state index contributed by atoms with van der Waals surface area (Å²) in [6, 6.07) is 5.76. The molecule has 0 bridgehead atoms. The van der Waals surface area contributed by atoms with Gasteiger partial charge in [-0.15, -0.1) is 10.2 Å². The summed E-state index contributed by atoms with van der Waals surface area (Å²) in [5.41, 5.74) is 2.93. The number of rotatable bonds is 7. The molecule has 1 fully saturated rings. The Bertz CT molecular complexity index is 1060. The van der Waals surface area contributed by atoms with Crippen LogP contribution in [-0.4, -0.2) is 59.8 Å². The molecule has 0 aliphatic carbocycles. The topological polar surface area (TPSA) is 121 Å². The van der Waals surface area contributed by atoms with Crippen LogP contribution in [0.2, 0.25) is 0 Å². The average molecular weight is 484 g/mol. The highest BCUT2D eigenvalue weighted by Crippen LogP contribution is 2.27. The number of benzene rings is 1. The number of anilines is 2. The summed E-state index contributed by atoms with van der Waals surface area (Å²) in [7, 11) is -3.22. The zero-order chi connectivity index (χ0) is 22.6. The molecule has 168 valence electrons. The molecule has 2 amide bonds. The Balaban J connectivity index is 1.46. The van der Waals surface area contributed by atoms with Crippen molar-refractivity contribution in [1.82, 2.24) is 14.5 Å². The van der Waals surface area contributed by atoms with Gasteiger partial charge in [0.1, 0.15) is 0 Å². The molecule has 1 saturated heterocycles. The Morgan fingerprint density at radius 1 is 1.19 bits per heavy atom. The molecule has 2 aromatic rings. The van der Waals surface area contributed by atoms with Gasteiger partial charge in [0.05, 0.1) is 12.0 Å². The van der Waals surface area contributed by atoms with Gasteiger partial charge >= 0.3 is 0 Å². The summed E-state index contributed by atoms with van der Waals surface area (Å²) in [6.07, 6.45) is 2.12. The second kappa shape index (κ2) is 10.1. The zero-order valence-corrected chi connectivity index (χ0v) is 20.0. The summed E-state index contributed by atoms with van der Waals surface area (Å²) in [4.78, 5) is 24.7. The molecule has 0 unspecified atom stereocenters. The second-order valence-corrected chi connectivity index (χ2v) is 11.6. The van der Waals surface area contributed by atoms with Crippen LogP contribution in [-0.2, 0) is 19.6 Å². The van der Waals surface area contributed by atoms with Gasteiger partial charge < -0.3 is 10.6 Å². The molecule has 1 aliphatic rings. The maximum absolute atomic E-state index is 12.5. The van der Waals surface area contributed by atoms with Gasteiger partial charge in [0.15, 0.2) is 4.34 Å². The van der Waals surface area contributed by atoms with Crippen LogP contribution in [0.15, 0.2) is 22.5 Å². The standard InChI is InChI=1S/C19H25N5O4S3/c1-12-5-4-6-15(13(12)2)20-16(25)11-29-19-23-22-18(30-19)21-17(26)14-7-9-24(10-8-14)31(3,27)28/h4-6,14H,7-11H2,1-3H3,(H,20,25)(H,21,22,26). The van der Waals surface area contributed by atoms with Gasteiger partial charge in [0.25, 0.3) is 0 Å². The van der Waals surface area contributed by atoms with Gasteiger partial charge in [-0.05, 0) is 43.9 Å². The lowest BCUT2D eigenvalue weighted by Crippen LogP contribution is -2.40. The van der Waals surface area contributed by atoms with Crippen LogP contribution in [0.25, 0.3) is 0 Å². The van der Waals surface area contributed by atoms with Gasteiger partial charge in [-0.3, -0.25) is 9.59 Å². The quantitative estimate of drug-likeness (QED) is 0.458. The van der Waals surface area contributed by atoms with Crippen LogP contribution in [0.1, 0.15) is 24.0 Å². The molecule has 0 atom stereocenters. The largest absolute Gasteiger partial charge is 0.325 e. The number of carbonyl (C=O) groups excluding carboxylic acids is 2. The number of aryl methyl sites for hydroxylation is 1. The minimum Gasteiger partial charge on any atom is -0.325 e. The van der Waals surface area contributed by atoms with Crippen LogP contribution in [0.3, 0.4) is 0 Å². The summed E-state index contributed by atoms with van der Waals surface area (Å²) in [5.74, 6) is -0.410. The van der Waals surface area contributed by atoms with Crippen LogP contribution in [0, 0.1) is 19.8 Å². The summed E-state index contributed by atoms with van der Waals surface area (Å²) >= 11 is 2.46. The minimum atomic E-state index is -3.22. The third-order valence-electron chi connectivity index (χ3n) is 5.14. The Hall–Kier alpha value is -2.02. The molecule has 2 N–H and O–H groups in total. The smallest absolute Gasteiger partial charge is 0.234 e. The number of nitrogens with one attached hydrogen (secondary N) is 2. The van der Waals surface area contributed by atoms with Crippen LogP contribution in [0.5, 0.6) is 0 Å². The van der Waals surface area contributed by atoms with E-state index in [0.29, 0.717) is 35.4 Å². The molecule has 2 heterocycles. The first-order chi connectivity index (χ1) is 14.6. The van der Waals surface area contributed by atoms with Gasteiger partial charge in [0, 0.05) is 24.7 Å². The number of hydrogen-bond acceptors (Lipinski definition) is 8. The third-order valence-corrected chi connectivity index (χ3v) is 8.41. The molecule has 1 aliphatic heterocycles. The molecule has 1 aromatic heterocycles. The van der Waals surface area contributed by atoms with Crippen molar-refractivity contribution in [2.75, 3.05) is 35.7 Å². The molecule has 1 aromatic carbocycles. The molecular weight excluding hydrogens is 458 g/mol. The molecule has 0 radical (unpaired) electrons. The Morgan fingerprint density at radius 2 is 1.90 bits per heavy atom. The average Bonchev–Trinajstić information content (AvgIpc) is 3.16. The first-order valence-corrected chi connectivity index (χ1v) is 13.4. The van der Waals surface area contributed by atoms with E-state index in [2.05, 4.69) is 20.8 Å². The normalized spacial score (nSPS) is 15.6. The highest BCUT2D eigenvalue weighted by molar-refractivity contribution is 8.01. The number of amides is 2. The van der Waals surface area contributed by atoms with Crippen molar-refractivity contribution in [3.8, 4) is 0 Å². The number of hydrogen-bond donors (Lipinski definition) is 2. The summed E-state index contributed by atoms with van der Waals surface area (Å²) in [5, 5.41) is 14.0. The Kier molecular flexibility index (Phi) is 7.68. The molecule has 0 saturated carbocycles. The van der Waals surface area contributed by atoms with Crippen molar-refractivity contribution in [2.24, 2.45) is 5.92 Å². The molecule has 31 heavy (non-hydrogen) atoms. The van der Waals surface area contributed by atoms with Crippen molar-refractivity contribution in [1.29, 1.82) is 0 Å². The van der Waals surface area contributed by atoms with E-state index in [9.17, 15) is 18.0 Å². The van der Waals surface area contributed by atoms with E-state index >= 15 is 0 Å². The van der Waals surface area contributed by atoms with Crippen molar-refractivity contribution in [3.63, 3.8) is 0 Å². The Labute approximate surface area is 190 Å². The third kappa shape index (κ3) is 6.48. The van der Waals surface area contributed by atoms with E-state index < -0.39 is 10.0 Å². The molecule has 0 spiro atoms. The van der Waals surface area contributed by atoms with E-state index in [0.717, 1.165) is 16.8 Å². The first kappa shape index (κ1) is 23.6. The molecular formula is C19H25N5O4S3. The van der Waals surface area contributed by atoms with Gasteiger partial charge in [0.2, 0.25) is 27.0 Å². The fraction of sp³-hybridized carbons (Fsp3) is 0.474. The van der Waals surface area contributed by atoms with Crippen molar-refractivity contribution < 1.29 is 18.0 Å². The highest BCUT2D eigenvalue weighted by Gasteiger charge is 2.29. The van der Waals surface area contributed by atoms with E-state index in [1.807, 2.05) is 32.0 Å². The number of piperidine rings is 1. The summed E-state index contributed by atoms with van der Waals surface area (Å²) in [6.45, 7) is 4.63. The fourth-order valence-corrected chi connectivity index (χ4v) is 5.60. The van der Waals surface area contributed by atoms with Gasteiger partial charge in [-0.1, -0.05) is 35.2 Å². The second-order valence-electron chi connectivity index (χ2n) is 7.38. The van der Waals surface area contributed by atoms with Crippen LogP contribution in [0.4, 0.5) is 10.8 Å². The van der Waals surface area contributed by atoms with E-state index in [4.69, 9.17) is 0 Å². The summed E-state index contributed by atoms with van der Waals surface area (Å²) < 4.78 is 25.1. The maximum atomic E-state index is 12.5. The first-order valence-electron chi connectivity index (χ1n) is 9.72. The number of aromatic nitrogens is 2. The number of sulfonamides is 1. The van der Waals surface area contributed by atoms with Crippen molar-refractivity contribution >= 4 is 55.8 Å². The highest BCUT2D eigenvalue weighted by atomic mass is 32.2. The van der Waals surface area contributed by atoms with Crippen molar-refractivity contribution in [2.45, 2.75) is 31.0 Å². The van der Waals surface area contributed by atoms with E-state index in [1.165, 1.54) is 33.7 Å². The van der Waals surface area contributed by atoms with E-state index in [1.54, 1.807) is 0 Å². The number of carbonyl (C=O) groups is 2. The number of thioether (sulfide) groups is 1. The van der Waals surface area contributed by atoms with Crippen molar-refractivity contribution in [3.05, 3.63) is 29.3 Å². The van der Waals surface area contributed by atoms with Gasteiger partial charge in [-0.2, -0.15) is 0 Å². The maximum Gasteiger partial charge on any atom is 0.234 e. The SMILES string of the molecule is Cc1cccc(NC(=O)CSc2nnc(NC(=O)C3CCN(S(C)(=O)=O)CC3)s2)c1C. The minimum absolute atomic E-state index is 0.142. The fourth-order valence-electron chi connectivity index (χ4n) is 3.18. The van der Waals surface area contributed by atoms with E-state index in [-0.39, 0.29) is 23.5 Å². The molecule has 9 nitrogen and oxygen atoms in total. The molecule has 12 heteroatoms. The number of nitrogens with zero attached hydrogens (tertiary/aromatic N) is 3. The monoisotopic (exact) mass is 483 g/mol. The Morgan fingerprint density at radius 3 is 2.58 bits per heavy atom. The van der Waals surface area contributed by atoms with Gasteiger partial charge in [-0.25, -0.2) is 12.7 Å². The van der Waals surface area contributed by atoms with Crippen LogP contribution < -0.4 is 10.6 Å². The predicted molar refractivity (Wildman–Crippen MR) is 123 cm³/mol. The lowest BCUT2D eigenvalue weighted by molar-refractivity contribution is -0.121. The predicted octanol–water partition coefficient (Wildman–Crippen LogP) is 2.50. The molecule has 3 rings (SSSR count). The lowest BCUT2D eigenvalue weighted by atomic mass is 9.97.